The minimum atomic E-state index is 0.237. The Bertz CT molecular complexity index is 760. The number of aldehydes is 1. The fourth-order valence-corrected chi connectivity index (χ4v) is 2.35. The molecular formula is C17H12O2. The zero-order valence-electron chi connectivity index (χ0n) is 10.2. The molecular weight excluding hydrogens is 236 g/mol. The molecule has 1 N–H and O–H groups in total. The lowest BCUT2D eigenvalue weighted by Gasteiger charge is -2.09. The van der Waals surface area contributed by atoms with Gasteiger partial charge in [0.2, 0.25) is 0 Å². The summed E-state index contributed by atoms with van der Waals surface area (Å²) in [4.78, 5) is 11.1. The van der Waals surface area contributed by atoms with E-state index in [2.05, 4.69) is 0 Å². The summed E-state index contributed by atoms with van der Waals surface area (Å²) in [5.41, 5.74) is 2.63. The summed E-state index contributed by atoms with van der Waals surface area (Å²) in [6.45, 7) is 0. The Hall–Kier alpha value is -2.61. The Balaban J connectivity index is 2.34. The Labute approximate surface area is 110 Å². The lowest BCUT2D eigenvalue weighted by molar-refractivity contribution is 0.112. The fourth-order valence-electron chi connectivity index (χ4n) is 2.35. The second kappa shape index (κ2) is 4.58. The van der Waals surface area contributed by atoms with E-state index in [1.165, 1.54) is 0 Å². The summed E-state index contributed by atoms with van der Waals surface area (Å²) in [6, 6.07) is 18.6. The third-order valence-corrected chi connectivity index (χ3v) is 3.24. The summed E-state index contributed by atoms with van der Waals surface area (Å²) in [6.07, 6.45) is 0.870. The van der Waals surface area contributed by atoms with Crippen molar-refractivity contribution in [2.75, 3.05) is 0 Å². The summed E-state index contributed by atoms with van der Waals surface area (Å²) in [5.74, 6) is 0.237. The van der Waals surface area contributed by atoms with Crippen LogP contribution in [0, 0.1) is 0 Å². The molecule has 0 saturated carbocycles. The molecule has 0 aromatic heterocycles. The Morgan fingerprint density at radius 2 is 1.63 bits per heavy atom. The normalized spacial score (nSPS) is 10.5. The van der Waals surface area contributed by atoms with Gasteiger partial charge < -0.3 is 5.11 Å². The van der Waals surface area contributed by atoms with E-state index in [9.17, 15) is 9.90 Å². The van der Waals surface area contributed by atoms with Gasteiger partial charge in [0.15, 0.2) is 6.29 Å². The van der Waals surface area contributed by atoms with Crippen LogP contribution in [-0.2, 0) is 0 Å². The van der Waals surface area contributed by atoms with Crippen molar-refractivity contribution in [3.05, 3.63) is 66.2 Å². The molecule has 3 aromatic carbocycles. The van der Waals surface area contributed by atoms with E-state index in [0.717, 1.165) is 28.2 Å². The average Bonchev–Trinajstić information content (AvgIpc) is 2.46. The van der Waals surface area contributed by atoms with Crippen molar-refractivity contribution in [2.24, 2.45) is 0 Å². The summed E-state index contributed by atoms with van der Waals surface area (Å²) in [5, 5.41) is 11.5. The van der Waals surface area contributed by atoms with Crippen molar-refractivity contribution in [2.45, 2.75) is 0 Å². The van der Waals surface area contributed by atoms with E-state index in [0.29, 0.717) is 5.56 Å². The lowest BCUT2D eigenvalue weighted by atomic mass is 9.95. The SMILES string of the molecule is O=Cc1ccc(-c2cccc(O)c2)c2ccccc12. The second-order valence-corrected chi connectivity index (χ2v) is 4.42. The van der Waals surface area contributed by atoms with Crippen LogP contribution >= 0.6 is 0 Å². The van der Waals surface area contributed by atoms with E-state index in [-0.39, 0.29) is 5.75 Å². The predicted octanol–water partition coefficient (Wildman–Crippen LogP) is 4.02. The van der Waals surface area contributed by atoms with Crippen LogP contribution in [-0.4, -0.2) is 11.4 Å². The highest BCUT2D eigenvalue weighted by atomic mass is 16.3. The first kappa shape index (κ1) is 11.5. The van der Waals surface area contributed by atoms with Crippen molar-refractivity contribution in [3.63, 3.8) is 0 Å². The second-order valence-electron chi connectivity index (χ2n) is 4.42. The quantitative estimate of drug-likeness (QED) is 0.695. The molecule has 0 unspecified atom stereocenters. The van der Waals surface area contributed by atoms with Gasteiger partial charge in [0.25, 0.3) is 0 Å². The summed E-state index contributed by atoms with van der Waals surface area (Å²) < 4.78 is 0. The first-order chi connectivity index (χ1) is 9.29. The fraction of sp³-hybridized carbons (Fsp3) is 0. The molecule has 0 fully saturated rings. The molecule has 0 atom stereocenters. The third kappa shape index (κ3) is 1.97. The van der Waals surface area contributed by atoms with Gasteiger partial charge in [-0.05, 0) is 34.0 Å². The van der Waals surface area contributed by atoms with E-state index < -0.39 is 0 Å². The van der Waals surface area contributed by atoms with Crippen LogP contribution in [0.3, 0.4) is 0 Å². The van der Waals surface area contributed by atoms with E-state index in [1.54, 1.807) is 12.1 Å². The highest BCUT2D eigenvalue weighted by Gasteiger charge is 2.07. The third-order valence-electron chi connectivity index (χ3n) is 3.24. The number of aromatic hydroxyl groups is 1. The molecule has 0 amide bonds. The minimum Gasteiger partial charge on any atom is -0.508 e. The molecule has 3 rings (SSSR count). The standard InChI is InChI=1S/C17H12O2/c18-11-13-8-9-16(12-4-3-5-14(19)10-12)17-7-2-1-6-15(13)17/h1-11,19H. The zero-order chi connectivity index (χ0) is 13.2. The molecule has 0 aliphatic rings. The van der Waals surface area contributed by atoms with Crippen molar-refractivity contribution in [1.29, 1.82) is 0 Å². The van der Waals surface area contributed by atoms with Gasteiger partial charge >= 0.3 is 0 Å². The molecule has 0 heterocycles. The Morgan fingerprint density at radius 3 is 2.37 bits per heavy atom. The monoisotopic (exact) mass is 248 g/mol. The number of rotatable bonds is 2. The van der Waals surface area contributed by atoms with Crippen LogP contribution in [0.1, 0.15) is 10.4 Å². The number of hydrogen-bond acceptors (Lipinski definition) is 2. The summed E-state index contributed by atoms with van der Waals surface area (Å²) in [7, 11) is 0. The van der Waals surface area contributed by atoms with Crippen LogP contribution in [0.15, 0.2) is 60.7 Å². The zero-order valence-corrected chi connectivity index (χ0v) is 10.2. The number of phenolic OH excluding ortho intramolecular Hbond substituents is 1. The van der Waals surface area contributed by atoms with Gasteiger partial charge in [-0.2, -0.15) is 0 Å². The Kier molecular flexibility index (Phi) is 2.76. The maximum atomic E-state index is 11.1. The molecule has 2 heteroatoms. The summed E-state index contributed by atoms with van der Waals surface area (Å²) >= 11 is 0. The van der Waals surface area contributed by atoms with Gasteiger partial charge in [-0.3, -0.25) is 4.79 Å². The smallest absolute Gasteiger partial charge is 0.150 e. The van der Waals surface area contributed by atoms with Crippen molar-refractivity contribution in [3.8, 4) is 16.9 Å². The predicted molar refractivity (Wildman–Crippen MR) is 76.4 cm³/mol. The number of benzene rings is 3. The van der Waals surface area contributed by atoms with Crippen molar-refractivity contribution < 1.29 is 9.90 Å². The largest absolute Gasteiger partial charge is 0.508 e. The minimum absolute atomic E-state index is 0.237. The molecule has 3 aromatic rings. The van der Waals surface area contributed by atoms with E-state index in [4.69, 9.17) is 0 Å². The molecule has 19 heavy (non-hydrogen) atoms. The molecule has 2 nitrogen and oxygen atoms in total. The van der Waals surface area contributed by atoms with Crippen LogP contribution in [0.25, 0.3) is 21.9 Å². The van der Waals surface area contributed by atoms with Crippen molar-refractivity contribution >= 4 is 17.1 Å². The van der Waals surface area contributed by atoms with E-state index in [1.807, 2.05) is 48.5 Å². The van der Waals surface area contributed by atoms with Gasteiger partial charge in [-0.1, -0.05) is 48.5 Å². The average molecular weight is 248 g/mol. The molecule has 0 radical (unpaired) electrons. The first-order valence-corrected chi connectivity index (χ1v) is 6.06. The maximum absolute atomic E-state index is 11.1. The van der Waals surface area contributed by atoms with Crippen LogP contribution in [0.5, 0.6) is 5.75 Å². The van der Waals surface area contributed by atoms with Crippen LogP contribution in [0.4, 0.5) is 0 Å². The molecule has 92 valence electrons. The lowest BCUT2D eigenvalue weighted by Crippen LogP contribution is -1.87. The molecule has 0 aliphatic heterocycles. The number of hydrogen-bond donors (Lipinski definition) is 1. The van der Waals surface area contributed by atoms with Gasteiger partial charge in [0, 0.05) is 5.56 Å². The maximum Gasteiger partial charge on any atom is 0.150 e. The van der Waals surface area contributed by atoms with Crippen LogP contribution in [0.2, 0.25) is 0 Å². The molecule has 0 bridgehead atoms. The van der Waals surface area contributed by atoms with Gasteiger partial charge in [-0.25, -0.2) is 0 Å². The molecule has 0 saturated heterocycles. The first-order valence-electron chi connectivity index (χ1n) is 6.06. The van der Waals surface area contributed by atoms with Crippen LogP contribution < -0.4 is 0 Å². The Morgan fingerprint density at radius 1 is 0.842 bits per heavy atom. The van der Waals surface area contributed by atoms with Gasteiger partial charge in [0.1, 0.15) is 5.75 Å². The van der Waals surface area contributed by atoms with Gasteiger partial charge in [0.05, 0.1) is 0 Å². The highest BCUT2D eigenvalue weighted by Crippen LogP contribution is 2.31. The number of carbonyl (C=O) groups excluding carboxylic acids is 1. The highest BCUT2D eigenvalue weighted by molar-refractivity contribution is 6.05. The topological polar surface area (TPSA) is 37.3 Å². The number of phenols is 1. The number of carbonyl (C=O) groups is 1. The van der Waals surface area contributed by atoms with Crippen molar-refractivity contribution in [1.82, 2.24) is 0 Å². The van der Waals surface area contributed by atoms with Gasteiger partial charge in [-0.15, -0.1) is 0 Å². The molecule has 0 spiro atoms. The number of fused-ring (bicyclic) bond motifs is 1. The molecule has 0 aliphatic carbocycles. The van der Waals surface area contributed by atoms with E-state index >= 15 is 0 Å².